The Labute approximate surface area is 108 Å². The first kappa shape index (κ1) is 13.2. The lowest BCUT2D eigenvalue weighted by Gasteiger charge is -2.06. The first-order valence-corrected chi connectivity index (χ1v) is 5.65. The van der Waals surface area contributed by atoms with Crippen LogP contribution < -0.4 is 0 Å². The Kier molecular flexibility index (Phi) is 3.86. The second kappa shape index (κ2) is 5.57. The third-order valence-corrected chi connectivity index (χ3v) is 2.48. The molecular formula is C12H12FN3O3. The van der Waals surface area contributed by atoms with Crippen LogP contribution in [0.3, 0.4) is 0 Å². The number of aromatic nitrogens is 3. The molecule has 0 unspecified atom stereocenters. The molecule has 0 fully saturated rings. The summed E-state index contributed by atoms with van der Waals surface area (Å²) in [6.07, 6.45) is 0. The number of hydrogen-bond donors (Lipinski definition) is 1. The van der Waals surface area contributed by atoms with Crippen LogP contribution in [0.1, 0.15) is 23.1 Å². The molecule has 1 aromatic carbocycles. The van der Waals surface area contributed by atoms with Crippen molar-refractivity contribution in [3.05, 3.63) is 41.5 Å². The Morgan fingerprint density at radius 3 is 2.68 bits per heavy atom. The van der Waals surface area contributed by atoms with Gasteiger partial charge in [0.2, 0.25) is 0 Å². The Morgan fingerprint density at radius 1 is 1.42 bits per heavy atom. The van der Waals surface area contributed by atoms with Crippen molar-refractivity contribution in [2.75, 3.05) is 6.61 Å². The molecule has 0 radical (unpaired) electrons. The van der Waals surface area contributed by atoms with Crippen LogP contribution in [-0.4, -0.2) is 32.7 Å². The number of rotatable bonds is 5. The lowest BCUT2D eigenvalue weighted by Crippen LogP contribution is -2.08. The second-order valence-corrected chi connectivity index (χ2v) is 3.72. The maximum absolute atomic E-state index is 12.9. The van der Waals surface area contributed by atoms with E-state index in [1.807, 2.05) is 0 Å². The molecule has 100 valence electrons. The molecule has 0 atom stereocenters. The van der Waals surface area contributed by atoms with E-state index < -0.39 is 5.97 Å². The zero-order chi connectivity index (χ0) is 13.8. The van der Waals surface area contributed by atoms with Crippen LogP contribution >= 0.6 is 0 Å². The number of carboxylic acids is 1. The van der Waals surface area contributed by atoms with Gasteiger partial charge in [0.1, 0.15) is 11.5 Å². The third-order valence-electron chi connectivity index (χ3n) is 2.48. The largest absolute Gasteiger partial charge is 0.476 e. The maximum Gasteiger partial charge on any atom is 0.358 e. The molecule has 1 N–H and O–H groups in total. The molecule has 0 spiro atoms. The van der Waals surface area contributed by atoms with Crippen molar-refractivity contribution in [2.45, 2.75) is 13.5 Å². The minimum atomic E-state index is -1.18. The minimum absolute atomic E-state index is 0.0719. The van der Waals surface area contributed by atoms with E-state index in [-0.39, 0.29) is 18.1 Å². The molecule has 0 aliphatic rings. The van der Waals surface area contributed by atoms with Gasteiger partial charge in [-0.15, -0.1) is 5.10 Å². The molecule has 1 aromatic heterocycles. The summed E-state index contributed by atoms with van der Waals surface area (Å²) in [5.74, 6) is -1.56. The Balaban J connectivity index is 2.44. The third kappa shape index (κ3) is 2.76. The number of ether oxygens (including phenoxy) is 1. The standard InChI is InChI=1S/C12H12FN3O3/c1-2-19-7-10-11(12(17)18)14-15-16(10)9-5-3-8(13)4-6-9/h3-6H,2,7H2,1H3,(H,17,18). The first-order valence-electron chi connectivity index (χ1n) is 5.65. The summed E-state index contributed by atoms with van der Waals surface area (Å²) in [4.78, 5) is 11.1. The second-order valence-electron chi connectivity index (χ2n) is 3.72. The van der Waals surface area contributed by atoms with Gasteiger partial charge in [0, 0.05) is 6.61 Å². The highest BCUT2D eigenvalue weighted by Crippen LogP contribution is 2.15. The van der Waals surface area contributed by atoms with Gasteiger partial charge >= 0.3 is 5.97 Å². The van der Waals surface area contributed by atoms with Gasteiger partial charge in [0.15, 0.2) is 5.69 Å². The topological polar surface area (TPSA) is 77.2 Å². The van der Waals surface area contributed by atoms with Gasteiger partial charge in [-0.3, -0.25) is 0 Å². The average molecular weight is 265 g/mol. The number of benzene rings is 1. The van der Waals surface area contributed by atoms with Gasteiger partial charge < -0.3 is 9.84 Å². The highest BCUT2D eigenvalue weighted by Gasteiger charge is 2.19. The van der Waals surface area contributed by atoms with Crippen molar-refractivity contribution in [1.82, 2.24) is 15.0 Å². The van der Waals surface area contributed by atoms with Gasteiger partial charge in [0.25, 0.3) is 0 Å². The van der Waals surface area contributed by atoms with E-state index in [0.29, 0.717) is 18.0 Å². The summed E-state index contributed by atoms with van der Waals surface area (Å²) in [6, 6.07) is 5.51. The SMILES string of the molecule is CCOCc1c(C(=O)O)nnn1-c1ccc(F)cc1. The van der Waals surface area contributed by atoms with Crippen molar-refractivity contribution in [3.63, 3.8) is 0 Å². The number of nitrogens with zero attached hydrogens (tertiary/aromatic N) is 3. The lowest BCUT2D eigenvalue weighted by atomic mass is 10.3. The monoisotopic (exact) mass is 265 g/mol. The molecule has 0 aliphatic carbocycles. The van der Waals surface area contributed by atoms with E-state index in [0.717, 1.165) is 0 Å². The van der Waals surface area contributed by atoms with E-state index in [4.69, 9.17) is 9.84 Å². The maximum atomic E-state index is 12.9. The predicted molar refractivity (Wildman–Crippen MR) is 63.6 cm³/mol. The van der Waals surface area contributed by atoms with Gasteiger partial charge in [0.05, 0.1) is 12.3 Å². The molecule has 2 aromatic rings. The van der Waals surface area contributed by atoms with E-state index >= 15 is 0 Å². The van der Waals surface area contributed by atoms with Crippen LogP contribution in [0.2, 0.25) is 0 Å². The lowest BCUT2D eigenvalue weighted by molar-refractivity contribution is 0.0681. The van der Waals surface area contributed by atoms with Crippen LogP contribution in [-0.2, 0) is 11.3 Å². The predicted octanol–water partition coefficient (Wildman–Crippen LogP) is 1.64. The normalized spacial score (nSPS) is 10.6. The van der Waals surface area contributed by atoms with E-state index in [1.165, 1.54) is 28.9 Å². The highest BCUT2D eigenvalue weighted by molar-refractivity contribution is 5.86. The van der Waals surface area contributed by atoms with Crippen LogP contribution in [0.15, 0.2) is 24.3 Å². The van der Waals surface area contributed by atoms with E-state index in [9.17, 15) is 9.18 Å². The molecule has 0 amide bonds. The van der Waals surface area contributed by atoms with Crippen molar-refractivity contribution in [3.8, 4) is 5.69 Å². The molecular weight excluding hydrogens is 253 g/mol. The number of aromatic carboxylic acids is 1. The molecule has 6 nitrogen and oxygen atoms in total. The van der Waals surface area contributed by atoms with E-state index in [1.54, 1.807) is 6.92 Å². The molecule has 0 saturated heterocycles. The molecule has 7 heteroatoms. The fraction of sp³-hybridized carbons (Fsp3) is 0.250. The van der Waals surface area contributed by atoms with Gasteiger partial charge in [-0.1, -0.05) is 5.21 Å². The number of carbonyl (C=O) groups is 1. The van der Waals surface area contributed by atoms with Crippen molar-refractivity contribution < 1.29 is 19.0 Å². The van der Waals surface area contributed by atoms with Crippen LogP contribution in [0, 0.1) is 5.82 Å². The fourth-order valence-corrected chi connectivity index (χ4v) is 1.59. The summed E-state index contributed by atoms with van der Waals surface area (Å²) < 4.78 is 19.4. The summed E-state index contributed by atoms with van der Waals surface area (Å²) in [5.41, 5.74) is 0.676. The fourth-order valence-electron chi connectivity index (χ4n) is 1.59. The van der Waals surface area contributed by atoms with Gasteiger partial charge in [-0.05, 0) is 31.2 Å². The molecule has 0 saturated carbocycles. The van der Waals surface area contributed by atoms with Crippen LogP contribution in [0.5, 0.6) is 0 Å². The van der Waals surface area contributed by atoms with Crippen LogP contribution in [0.4, 0.5) is 4.39 Å². The smallest absolute Gasteiger partial charge is 0.358 e. The summed E-state index contributed by atoms with van der Waals surface area (Å²) in [7, 11) is 0. The first-order chi connectivity index (χ1) is 9.13. The highest BCUT2D eigenvalue weighted by atomic mass is 19.1. The Bertz CT molecular complexity index is 580. The van der Waals surface area contributed by atoms with Crippen molar-refractivity contribution in [1.29, 1.82) is 0 Å². The minimum Gasteiger partial charge on any atom is -0.476 e. The molecule has 0 aliphatic heterocycles. The molecule has 2 rings (SSSR count). The summed E-state index contributed by atoms with van der Waals surface area (Å²) in [6.45, 7) is 2.31. The Hall–Kier alpha value is -2.28. The van der Waals surface area contributed by atoms with E-state index in [2.05, 4.69) is 10.3 Å². The molecule has 0 bridgehead atoms. The van der Waals surface area contributed by atoms with Crippen LogP contribution in [0.25, 0.3) is 5.69 Å². The van der Waals surface area contributed by atoms with Gasteiger partial charge in [-0.25, -0.2) is 13.9 Å². The average Bonchev–Trinajstić information content (AvgIpc) is 2.81. The zero-order valence-electron chi connectivity index (χ0n) is 10.2. The number of carboxylic acid groups (broad SMARTS) is 1. The zero-order valence-corrected chi connectivity index (χ0v) is 10.2. The molecule has 19 heavy (non-hydrogen) atoms. The summed E-state index contributed by atoms with van der Waals surface area (Å²) in [5, 5.41) is 16.4. The van der Waals surface area contributed by atoms with Crippen molar-refractivity contribution in [2.24, 2.45) is 0 Å². The van der Waals surface area contributed by atoms with Crippen molar-refractivity contribution >= 4 is 5.97 Å². The Morgan fingerprint density at radius 2 is 2.11 bits per heavy atom. The number of halogens is 1. The quantitative estimate of drug-likeness (QED) is 0.889. The van der Waals surface area contributed by atoms with Gasteiger partial charge in [-0.2, -0.15) is 0 Å². The number of hydrogen-bond acceptors (Lipinski definition) is 4. The summed E-state index contributed by atoms with van der Waals surface area (Å²) >= 11 is 0. The molecule has 1 heterocycles.